The van der Waals surface area contributed by atoms with E-state index in [0.29, 0.717) is 18.1 Å². The normalized spacial score (nSPS) is 20.8. The van der Waals surface area contributed by atoms with E-state index in [1.165, 1.54) is 0 Å². The number of nitrogens with zero attached hydrogens (tertiary/aromatic N) is 1. The van der Waals surface area contributed by atoms with Crippen LogP contribution in [0.15, 0.2) is 18.2 Å². The summed E-state index contributed by atoms with van der Waals surface area (Å²) in [6, 6.07) is 6.10. The summed E-state index contributed by atoms with van der Waals surface area (Å²) in [5.41, 5.74) is 8.58. The second-order valence-electron chi connectivity index (χ2n) is 6.71. The van der Waals surface area contributed by atoms with Crippen molar-refractivity contribution in [3.05, 3.63) is 29.3 Å². The predicted octanol–water partition coefficient (Wildman–Crippen LogP) is 2.12. The minimum atomic E-state index is -0.0862. The molecule has 1 aromatic carbocycles. The maximum Gasteiger partial charge on any atom is 0.239 e. The van der Waals surface area contributed by atoms with Crippen molar-refractivity contribution >= 4 is 28.9 Å². The molecule has 25 heavy (non-hydrogen) atoms. The lowest BCUT2D eigenvalue weighted by Crippen LogP contribution is -2.48. The molecule has 1 amide bonds. The van der Waals surface area contributed by atoms with Crippen LogP contribution >= 0.6 is 12.2 Å². The molecule has 0 aliphatic carbocycles. The Balaban J connectivity index is 1.70. The number of hydrogen-bond acceptors (Lipinski definition) is 4. The number of rotatable bonds is 4. The fourth-order valence-corrected chi connectivity index (χ4v) is 3.10. The summed E-state index contributed by atoms with van der Waals surface area (Å²) in [5.74, 6) is -0.0862. The van der Waals surface area contributed by atoms with Crippen LogP contribution in [0.3, 0.4) is 0 Å². The first-order valence-electron chi connectivity index (χ1n) is 8.64. The standard InChI is InChI=1S/C18H28N4O2S/c1-12-5-6-13(2)16(9-12)19-18(25)21-20-17(23)7-8-22-10-14(3)24-15(4)11-22/h5-6,9,14-15H,7-8,10-11H2,1-4H3,(H,20,23)(H2,19,21,25)/t14-,15-/m1/s1. The summed E-state index contributed by atoms with van der Waals surface area (Å²) in [5, 5.41) is 3.47. The summed E-state index contributed by atoms with van der Waals surface area (Å²) < 4.78 is 5.70. The number of benzene rings is 1. The number of nitrogens with one attached hydrogen (secondary N) is 3. The Morgan fingerprint density at radius 2 is 1.92 bits per heavy atom. The molecule has 1 saturated heterocycles. The van der Waals surface area contributed by atoms with E-state index in [2.05, 4.69) is 34.9 Å². The lowest BCUT2D eigenvalue weighted by molar-refractivity contribution is -0.123. The van der Waals surface area contributed by atoms with Gasteiger partial charge in [-0.05, 0) is 57.1 Å². The monoisotopic (exact) mass is 364 g/mol. The molecule has 1 aliphatic rings. The quantitative estimate of drug-likeness (QED) is 0.562. The average Bonchev–Trinajstić information content (AvgIpc) is 2.53. The number of hydrazine groups is 1. The second kappa shape index (κ2) is 9.12. The van der Waals surface area contributed by atoms with Crippen molar-refractivity contribution in [2.24, 2.45) is 0 Å². The van der Waals surface area contributed by atoms with Gasteiger partial charge in [-0.15, -0.1) is 0 Å². The van der Waals surface area contributed by atoms with E-state index in [4.69, 9.17) is 17.0 Å². The molecule has 138 valence electrons. The molecule has 0 bridgehead atoms. The number of aryl methyl sites for hydroxylation is 2. The van der Waals surface area contributed by atoms with Gasteiger partial charge in [0.05, 0.1) is 12.2 Å². The minimum absolute atomic E-state index is 0.0862. The predicted molar refractivity (Wildman–Crippen MR) is 104 cm³/mol. The lowest BCUT2D eigenvalue weighted by atomic mass is 10.1. The van der Waals surface area contributed by atoms with Crippen molar-refractivity contribution in [2.45, 2.75) is 46.3 Å². The molecule has 0 unspecified atom stereocenters. The largest absolute Gasteiger partial charge is 0.373 e. The number of thiocarbonyl (C=S) groups is 1. The van der Waals surface area contributed by atoms with E-state index >= 15 is 0 Å². The molecule has 7 heteroatoms. The number of carbonyl (C=O) groups is 1. The van der Waals surface area contributed by atoms with Gasteiger partial charge in [-0.1, -0.05) is 12.1 Å². The minimum Gasteiger partial charge on any atom is -0.373 e. The molecule has 2 atom stereocenters. The summed E-state index contributed by atoms with van der Waals surface area (Å²) in [6.07, 6.45) is 0.831. The molecule has 0 spiro atoms. The smallest absolute Gasteiger partial charge is 0.239 e. The highest BCUT2D eigenvalue weighted by molar-refractivity contribution is 7.80. The Labute approximate surface area is 155 Å². The molecule has 2 rings (SSSR count). The molecular formula is C18H28N4O2S. The highest BCUT2D eigenvalue weighted by Crippen LogP contribution is 2.16. The highest BCUT2D eigenvalue weighted by Gasteiger charge is 2.22. The van der Waals surface area contributed by atoms with Crippen LogP contribution in [0.5, 0.6) is 0 Å². The van der Waals surface area contributed by atoms with Crippen molar-refractivity contribution in [1.29, 1.82) is 0 Å². The third-order valence-corrected chi connectivity index (χ3v) is 4.31. The van der Waals surface area contributed by atoms with Crippen LogP contribution < -0.4 is 16.2 Å². The second-order valence-corrected chi connectivity index (χ2v) is 7.12. The van der Waals surface area contributed by atoms with E-state index in [1.54, 1.807) is 0 Å². The number of anilines is 1. The van der Waals surface area contributed by atoms with Crippen LogP contribution in [-0.2, 0) is 9.53 Å². The summed E-state index contributed by atoms with van der Waals surface area (Å²) in [7, 11) is 0. The van der Waals surface area contributed by atoms with Gasteiger partial charge in [-0.25, -0.2) is 0 Å². The summed E-state index contributed by atoms with van der Waals surface area (Å²) in [4.78, 5) is 14.3. The first-order chi connectivity index (χ1) is 11.8. The number of amides is 1. The molecule has 6 nitrogen and oxygen atoms in total. The van der Waals surface area contributed by atoms with Crippen molar-refractivity contribution < 1.29 is 9.53 Å². The van der Waals surface area contributed by atoms with Gasteiger partial charge in [0, 0.05) is 31.7 Å². The zero-order valence-corrected chi connectivity index (χ0v) is 16.2. The third-order valence-electron chi connectivity index (χ3n) is 4.11. The Hall–Kier alpha value is -1.70. The Kier molecular flexibility index (Phi) is 7.16. The van der Waals surface area contributed by atoms with E-state index in [-0.39, 0.29) is 18.1 Å². The maximum absolute atomic E-state index is 12.0. The third kappa shape index (κ3) is 6.61. The van der Waals surface area contributed by atoms with Crippen molar-refractivity contribution in [2.75, 3.05) is 25.0 Å². The van der Waals surface area contributed by atoms with E-state index in [0.717, 1.165) is 29.9 Å². The van der Waals surface area contributed by atoms with Gasteiger partial charge in [-0.3, -0.25) is 20.5 Å². The van der Waals surface area contributed by atoms with Crippen molar-refractivity contribution in [1.82, 2.24) is 15.8 Å². The van der Waals surface area contributed by atoms with E-state index in [9.17, 15) is 4.79 Å². The Morgan fingerprint density at radius 3 is 2.60 bits per heavy atom. The van der Waals surface area contributed by atoms with Crippen LogP contribution in [0.2, 0.25) is 0 Å². The van der Waals surface area contributed by atoms with Crippen LogP contribution in [0.4, 0.5) is 5.69 Å². The van der Waals surface area contributed by atoms with Crippen molar-refractivity contribution in [3.63, 3.8) is 0 Å². The zero-order valence-electron chi connectivity index (χ0n) is 15.4. The van der Waals surface area contributed by atoms with Crippen LogP contribution in [0, 0.1) is 13.8 Å². The van der Waals surface area contributed by atoms with Crippen LogP contribution in [0.25, 0.3) is 0 Å². The lowest BCUT2D eigenvalue weighted by Gasteiger charge is -2.35. The molecule has 1 fully saturated rings. The Bertz CT molecular complexity index is 613. The number of morpholine rings is 1. The summed E-state index contributed by atoms with van der Waals surface area (Å²) >= 11 is 5.23. The average molecular weight is 365 g/mol. The fraction of sp³-hybridized carbons (Fsp3) is 0.556. The van der Waals surface area contributed by atoms with Gasteiger partial charge in [0.2, 0.25) is 5.91 Å². The number of hydrogen-bond donors (Lipinski definition) is 3. The van der Waals surface area contributed by atoms with E-state index in [1.807, 2.05) is 32.0 Å². The topological polar surface area (TPSA) is 65.6 Å². The number of carbonyl (C=O) groups excluding carboxylic acids is 1. The molecule has 0 aromatic heterocycles. The highest BCUT2D eigenvalue weighted by atomic mass is 32.1. The first-order valence-corrected chi connectivity index (χ1v) is 9.05. The van der Waals surface area contributed by atoms with Gasteiger partial charge in [0.25, 0.3) is 0 Å². The fourth-order valence-electron chi connectivity index (χ4n) is 2.94. The van der Waals surface area contributed by atoms with Gasteiger partial charge in [-0.2, -0.15) is 0 Å². The maximum atomic E-state index is 12.0. The van der Waals surface area contributed by atoms with Gasteiger partial charge in [0.1, 0.15) is 0 Å². The molecule has 1 aliphatic heterocycles. The zero-order chi connectivity index (χ0) is 18.4. The molecule has 3 N–H and O–H groups in total. The van der Waals surface area contributed by atoms with Crippen LogP contribution in [0.1, 0.15) is 31.4 Å². The first kappa shape index (κ1) is 19.6. The van der Waals surface area contributed by atoms with Gasteiger partial charge < -0.3 is 10.1 Å². The molecular weight excluding hydrogens is 336 g/mol. The van der Waals surface area contributed by atoms with Crippen molar-refractivity contribution in [3.8, 4) is 0 Å². The number of ether oxygens (including phenoxy) is 1. The molecule has 1 heterocycles. The molecule has 1 aromatic rings. The molecule has 0 saturated carbocycles. The van der Waals surface area contributed by atoms with Crippen LogP contribution in [-0.4, -0.2) is 47.8 Å². The molecule has 0 radical (unpaired) electrons. The SMILES string of the molecule is Cc1ccc(C)c(NC(=S)NNC(=O)CCN2C[C@@H](C)O[C@H](C)C2)c1. The van der Waals surface area contributed by atoms with Gasteiger partial charge >= 0.3 is 0 Å². The Morgan fingerprint density at radius 1 is 1.24 bits per heavy atom. The van der Waals surface area contributed by atoms with Gasteiger partial charge in [0.15, 0.2) is 5.11 Å². The summed E-state index contributed by atoms with van der Waals surface area (Å²) in [6.45, 7) is 10.6. The van der Waals surface area contributed by atoms with E-state index < -0.39 is 0 Å².